The number of fused-ring (bicyclic) bond motifs is 1. The highest BCUT2D eigenvalue weighted by atomic mass is 35.5. The van der Waals surface area contributed by atoms with E-state index in [2.05, 4.69) is 20.9 Å². The first-order valence-electron chi connectivity index (χ1n) is 17.0. The molecule has 0 bridgehead atoms. The van der Waals surface area contributed by atoms with Crippen LogP contribution < -0.4 is 20.7 Å². The molecule has 2 aromatic carbocycles. The number of carbonyl (C=O) groups is 3. The molecule has 3 N–H and O–H groups in total. The number of ether oxygens (including phenoxy) is 2. The van der Waals surface area contributed by atoms with Gasteiger partial charge in [-0.25, -0.2) is 4.79 Å². The number of furan rings is 1. The molecular formula is C36H45ClN4O6. The Bertz CT molecular complexity index is 1510. The molecule has 6 rings (SSSR count). The van der Waals surface area contributed by atoms with Crippen molar-refractivity contribution >= 4 is 40.5 Å². The average Bonchev–Trinajstić information content (AvgIpc) is 3.72. The third-order valence-electron chi connectivity index (χ3n) is 9.92. The van der Waals surface area contributed by atoms with Gasteiger partial charge in [0, 0.05) is 55.3 Å². The molecule has 1 aliphatic carbocycles. The second-order valence-corrected chi connectivity index (χ2v) is 13.7. The van der Waals surface area contributed by atoms with Crippen LogP contribution >= 0.6 is 11.6 Å². The van der Waals surface area contributed by atoms with E-state index in [1.165, 1.54) is 0 Å². The second-order valence-electron chi connectivity index (χ2n) is 13.3. The summed E-state index contributed by atoms with van der Waals surface area (Å²) in [6, 6.07) is 15.6. The molecule has 47 heavy (non-hydrogen) atoms. The Kier molecular flexibility index (Phi) is 11.0. The quantitative estimate of drug-likeness (QED) is 0.249. The third kappa shape index (κ3) is 8.86. The summed E-state index contributed by atoms with van der Waals surface area (Å²) in [5.41, 5.74) is 0.231. The fourth-order valence-corrected chi connectivity index (χ4v) is 7.28. The van der Waals surface area contributed by atoms with Crippen LogP contribution in [-0.4, -0.2) is 73.8 Å². The number of benzene rings is 2. The number of nitrogens with one attached hydrogen (secondary N) is 3. The fourth-order valence-electron chi connectivity index (χ4n) is 7.12. The van der Waals surface area contributed by atoms with Crippen molar-refractivity contribution in [3.8, 4) is 5.95 Å². The predicted octanol–water partition coefficient (Wildman–Crippen LogP) is 5.47. The first-order chi connectivity index (χ1) is 22.8. The number of halogens is 1. The number of carbonyl (C=O) groups excluding carboxylic acids is 3. The van der Waals surface area contributed by atoms with Crippen LogP contribution in [0.4, 0.5) is 4.79 Å². The van der Waals surface area contributed by atoms with Gasteiger partial charge < -0.3 is 34.7 Å². The van der Waals surface area contributed by atoms with Crippen molar-refractivity contribution in [2.45, 2.75) is 69.4 Å². The van der Waals surface area contributed by atoms with Crippen molar-refractivity contribution in [2.75, 3.05) is 39.4 Å². The van der Waals surface area contributed by atoms with Gasteiger partial charge in [-0.1, -0.05) is 54.8 Å². The van der Waals surface area contributed by atoms with Crippen LogP contribution in [0, 0.1) is 11.8 Å². The van der Waals surface area contributed by atoms with Crippen LogP contribution in [0.15, 0.2) is 59.0 Å². The predicted molar refractivity (Wildman–Crippen MR) is 179 cm³/mol. The number of hydrogen-bond acceptors (Lipinski definition) is 7. The molecule has 0 spiro atoms. The largest absolute Gasteiger partial charge is 0.425 e. The highest BCUT2D eigenvalue weighted by Gasteiger charge is 2.44. The lowest BCUT2D eigenvalue weighted by atomic mass is 9.93. The second kappa shape index (κ2) is 15.5. The minimum atomic E-state index is -1.20. The van der Waals surface area contributed by atoms with Crippen molar-refractivity contribution in [1.29, 1.82) is 0 Å². The van der Waals surface area contributed by atoms with Gasteiger partial charge in [0.1, 0.15) is 17.2 Å². The van der Waals surface area contributed by atoms with Gasteiger partial charge in [-0.15, -0.1) is 0 Å². The van der Waals surface area contributed by atoms with Gasteiger partial charge in [0.25, 0.3) is 5.95 Å². The Morgan fingerprint density at radius 2 is 1.70 bits per heavy atom. The summed E-state index contributed by atoms with van der Waals surface area (Å²) in [5.74, 6) is 0.505. The fraction of sp³-hybridized carbons (Fsp3) is 0.528. The van der Waals surface area contributed by atoms with E-state index < -0.39 is 17.7 Å². The van der Waals surface area contributed by atoms with E-state index >= 15 is 0 Å². The molecule has 1 aromatic heterocycles. The van der Waals surface area contributed by atoms with Gasteiger partial charge in [0.2, 0.25) is 11.8 Å². The Balaban J connectivity index is 1.06. The smallest absolute Gasteiger partial charge is 0.415 e. The highest BCUT2D eigenvalue weighted by Crippen LogP contribution is 2.32. The Labute approximate surface area is 280 Å². The van der Waals surface area contributed by atoms with Crippen molar-refractivity contribution in [2.24, 2.45) is 11.8 Å². The van der Waals surface area contributed by atoms with E-state index in [0.717, 1.165) is 82.3 Å². The zero-order chi connectivity index (χ0) is 32.6. The molecule has 0 unspecified atom stereocenters. The third-order valence-corrected chi connectivity index (χ3v) is 10.2. The summed E-state index contributed by atoms with van der Waals surface area (Å²) < 4.78 is 16.6. The highest BCUT2D eigenvalue weighted by molar-refractivity contribution is 6.31. The van der Waals surface area contributed by atoms with Gasteiger partial charge in [0.05, 0.1) is 0 Å². The standard InChI is InChI=1S/C36H45ClN4O6/c37-29-9-8-28-21-32(46-31(28)22-29)47-35(44)40-36(14-4-5-15-36)34(43)39-30(20-25-6-2-1-3-7-25)33(42)38-23-26-10-16-41(17-11-26)24-27-12-18-45-19-13-27/h1-3,6-9,21-22,26-27,30H,4-5,10-20,23-24H2,(H,38,42)(H,39,43)(H,40,44)/t30-/m1/s1. The Morgan fingerprint density at radius 1 is 0.957 bits per heavy atom. The first kappa shape index (κ1) is 33.3. The van der Waals surface area contributed by atoms with Gasteiger partial charge in [0.15, 0.2) is 0 Å². The summed E-state index contributed by atoms with van der Waals surface area (Å²) in [6.07, 6.45) is 6.30. The van der Waals surface area contributed by atoms with Crippen LogP contribution in [0.3, 0.4) is 0 Å². The monoisotopic (exact) mass is 664 g/mol. The lowest BCUT2D eigenvalue weighted by Crippen LogP contribution is -2.61. The molecule has 11 heteroatoms. The molecule has 0 radical (unpaired) electrons. The van der Waals surface area contributed by atoms with Gasteiger partial charge >= 0.3 is 6.09 Å². The molecule has 1 atom stereocenters. The lowest BCUT2D eigenvalue weighted by Gasteiger charge is -2.35. The van der Waals surface area contributed by atoms with Crippen molar-refractivity contribution < 1.29 is 28.3 Å². The van der Waals surface area contributed by atoms with E-state index in [0.29, 0.717) is 48.2 Å². The molecule has 10 nitrogen and oxygen atoms in total. The summed E-state index contributed by atoms with van der Waals surface area (Å²) in [6.45, 7) is 5.51. The number of rotatable bonds is 11. The molecule has 3 fully saturated rings. The molecule has 3 aliphatic rings. The van der Waals surface area contributed by atoms with E-state index in [1.807, 2.05) is 30.3 Å². The van der Waals surface area contributed by atoms with E-state index in [1.54, 1.807) is 24.3 Å². The van der Waals surface area contributed by atoms with Crippen LogP contribution in [0.25, 0.3) is 11.0 Å². The zero-order valence-electron chi connectivity index (χ0n) is 26.8. The number of hydrogen-bond donors (Lipinski definition) is 3. The van der Waals surface area contributed by atoms with Crippen LogP contribution in [-0.2, 0) is 20.7 Å². The summed E-state index contributed by atoms with van der Waals surface area (Å²) in [7, 11) is 0. The molecule has 3 heterocycles. The minimum Gasteiger partial charge on any atom is -0.425 e. The normalized spacial score (nSPS) is 19.7. The maximum atomic E-state index is 13.9. The lowest BCUT2D eigenvalue weighted by molar-refractivity contribution is -0.132. The maximum absolute atomic E-state index is 13.9. The SMILES string of the molecule is O=C(NC1(C(=O)N[C@H](Cc2ccccc2)C(=O)NCC2CCN(CC3CCOCC3)CC2)CCCC1)Oc1cc2ccc(Cl)cc2o1. The van der Waals surface area contributed by atoms with Crippen molar-refractivity contribution in [3.63, 3.8) is 0 Å². The average molecular weight is 665 g/mol. The summed E-state index contributed by atoms with van der Waals surface area (Å²) in [5, 5.41) is 10.2. The van der Waals surface area contributed by atoms with E-state index in [-0.39, 0.29) is 17.8 Å². The van der Waals surface area contributed by atoms with Gasteiger partial charge in [-0.3, -0.25) is 9.59 Å². The topological polar surface area (TPSA) is 122 Å². The number of likely N-dealkylation sites (tertiary alicyclic amines) is 1. The van der Waals surface area contributed by atoms with Gasteiger partial charge in [-0.05, 0) is 81.1 Å². The molecule has 2 saturated heterocycles. The van der Waals surface area contributed by atoms with E-state index in [4.69, 9.17) is 25.5 Å². The minimum absolute atomic E-state index is 0.00377. The summed E-state index contributed by atoms with van der Waals surface area (Å²) >= 11 is 6.05. The maximum Gasteiger partial charge on any atom is 0.415 e. The van der Waals surface area contributed by atoms with Gasteiger partial charge in [-0.2, -0.15) is 0 Å². The molecule has 3 amide bonds. The van der Waals surface area contributed by atoms with Crippen LogP contribution in [0.2, 0.25) is 5.02 Å². The Morgan fingerprint density at radius 3 is 2.45 bits per heavy atom. The molecule has 3 aromatic rings. The van der Waals surface area contributed by atoms with Crippen LogP contribution in [0.1, 0.15) is 56.9 Å². The van der Waals surface area contributed by atoms with Crippen LogP contribution in [0.5, 0.6) is 5.95 Å². The van der Waals surface area contributed by atoms with Crippen molar-refractivity contribution in [1.82, 2.24) is 20.9 Å². The molecule has 1 saturated carbocycles. The summed E-state index contributed by atoms with van der Waals surface area (Å²) in [4.78, 5) is 43.2. The number of amides is 3. The molecule has 252 valence electrons. The first-order valence-corrected chi connectivity index (χ1v) is 17.3. The Hall–Kier alpha value is -3.60. The molecular weight excluding hydrogens is 620 g/mol. The number of nitrogens with zero attached hydrogens (tertiary/aromatic N) is 1. The molecule has 2 aliphatic heterocycles. The zero-order valence-corrected chi connectivity index (χ0v) is 27.6. The van der Waals surface area contributed by atoms with Crippen molar-refractivity contribution in [3.05, 3.63) is 65.2 Å². The van der Waals surface area contributed by atoms with E-state index in [9.17, 15) is 14.4 Å². The number of piperidine rings is 1.